The van der Waals surface area contributed by atoms with Gasteiger partial charge in [0.1, 0.15) is 6.04 Å². The first-order valence-electron chi connectivity index (χ1n) is 11.5. The molecular formula is C26H34FN3O3. The Morgan fingerprint density at radius 2 is 1.88 bits per heavy atom. The van der Waals surface area contributed by atoms with E-state index in [-0.39, 0.29) is 35.3 Å². The Kier molecular flexibility index (Phi) is 8.44. The molecule has 33 heavy (non-hydrogen) atoms. The molecule has 0 spiro atoms. The van der Waals surface area contributed by atoms with E-state index in [4.69, 9.17) is 4.74 Å². The zero-order valence-electron chi connectivity index (χ0n) is 19.9. The lowest BCUT2D eigenvalue weighted by atomic mass is 9.99. The third-order valence-electron chi connectivity index (χ3n) is 6.07. The number of amides is 2. The number of rotatable bonds is 8. The Labute approximate surface area is 195 Å². The van der Waals surface area contributed by atoms with Gasteiger partial charge in [0.05, 0.1) is 7.11 Å². The van der Waals surface area contributed by atoms with E-state index in [0.717, 1.165) is 37.1 Å². The molecule has 0 aliphatic carbocycles. The summed E-state index contributed by atoms with van der Waals surface area (Å²) < 4.78 is 18.9. The summed E-state index contributed by atoms with van der Waals surface area (Å²) in [6, 6.07) is 11.8. The van der Waals surface area contributed by atoms with Crippen LogP contribution < -0.4 is 15.4 Å². The number of nitrogens with one attached hydrogen (secondary N) is 2. The maximum absolute atomic E-state index is 13.9. The molecule has 7 heteroatoms. The summed E-state index contributed by atoms with van der Waals surface area (Å²) in [5, 5.41) is 6.02. The normalized spacial score (nSPS) is 15.8. The first-order valence-corrected chi connectivity index (χ1v) is 11.5. The van der Waals surface area contributed by atoms with Crippen molar-refractivity contribution in [1.29, 1.82) is 0 Å². The molecule has 1 heterocycles. The summed E-state index contributed by atoms with van der Waals surface area (Å²) in [5.41, 5.74) is 2.45. The summed E-state index contributed by atoms with van der Waals surface area (Å²) >= 11 is 0. The Balaban J connectivity index is 1.51. The number of likely N-dealkylation sites (tertiary alicyclic amines) is 1. The van der Waals surface area contributed by atoms with Gasteiger partial charge in [0.25, 0.3) is 5.91 Å². The van der Waals surface area contributed by atoms with Crippen LogP contribution in [0.25, 0.3) is 0 Å². The highest BCUT2D eigenvalue weighted by atomic mass is 19.1. The van der Waals surface area contributed by atoms with Gasteiger partial charge >= 0.3 is 0 Å². The third-order valence-corrected chi connectivity index (χ3v) is 6.07. The van der Waals surface area contributed by atoms with E-state index >= 15 is 0 Å². The van der Waals surface area contributed by atoms with Gasteiger partial charge in [-0.3, -0.25) is 14.5 Å². The standard InChI is InChI=1S/C26H34FN3O3/c1-17(2)24(29-25(31)20-7-5-6-18(3)14-20)26(32)28-21-10-12-30(13-11-21)16-19-8-9-23(33-4)22(27)15-19/h5-9,14-15,17,21,24H,10-13,16H2,1-4H3,(H,28,32)(H,29,31). The molecule has 0 aromatic heterocycles. The fourth-order valence-electron chi connectivity index (χ4n) is 4.14. The summed E-state index contributed by atoms with van der Waals surface area (Å²) in [6.07, 6.45) is 1.61. The van der Waals surface area contributed by atoms with Crippen LogP contribution in [0.4, 0.5) is 4.39 Å². The van der Waals surface area contributed by atoms with E-state index in [1.54, 1.807) is 12.1 Å². The number of ether oxygens (including phenoxy) is 1. The number of piperidine rings is 1. The van der Waals surface area contributed by atoms with Gasteiger partial charge in [0, 0.05) is 31.2 Å². The van der Waals surface area contributed by atoms with Crippen molar-refractivity contribution in [2.75, 3.05) is 20.2 Å². The fraction of sp³-hybridized carbons (Fsp3) is 0.462. The molecule has 1 unspecified atom stereocenters. The van der Waals surface area contributed by atoms with E-state index < -0.39 is 6.04 Å². The van der Waals surface area contributed by atoms with Crippen molar-refractivity contribution in [2.24, 2.45) is 5.92 Å². The summed E-state index contributed by atoms with van der Waals surface area (Å²) in [7, 11) is 1.45. The molecule has 6 nitrogen and oxygen atoms in total. The number of benzene rings is 2. The van der Waals surface area contributed by atoms with Gasteiger partial charge in [0.15, 0.2) is 11.6 Å². The van der Waals surface area contributed by atoms with Gasteiger partial charge in [-0.15, -0.1) is 0 Å². The summed E-state index contributed by atoms with van der Waals surface area (Å²) in [4.78, 5) is 27.9. The predicted molar refractivity (Wildman–Crippen MR) is 127 cm³/mol. The lowest BCUT2D eigenvalue weighted by Gasteiger charge is -2.33. The second-order valence-corrected chi connectivity index (χ2v) is 9.09. The Morgan fingerprint density at radius 1 is 1.15 bits per heavy atom. The fourth-order valence-corrected chi connectivity index (χ4v) is 4.14. The summed E-state index contributed by atoms with van der Waals surface area (Å²) in [6.45, 7) is 8.06. The van der Waals surface area contributed by atoms with Gasteiger partial charge in [-0.2, -0.15) is 0 Å². The quantitative estimate of drug-likeness (QED) is 0.637. The van der Waals surface area contributed by atoms with Gasteiger partial charge in [-0.25, -0.2) is 4.39 Å². The van der Waals surface area contributed by atoms with Gasteiger partial charge in [-0.05, 0) is 55.5 Å². The molecule has 0 bridgehead atoms. The minimum absolute atomic E-state index is 0.0381. The van der Waals surface area contributed by atoms with Crippen LogP contribution in [-0.2, 0) is 11.3 Å². The van der Waals surface area contributed by atoms with Gasteiger partial charge in [0.2, 0.25) is 5.91 Å². The third kappa shape index (κ3) is 6.78. The highest BCUT2D eigenvalue weighted by Crippen LogP contribution is 2.20. The Morgan fingerprint density at radius 3 is 2.48 bits per heavy atom. The smallest absolute Gasteiger partial charge is 0.251 e. The maximum atomic E-state index is 13.9. The van der Waals surface area contributed by atoms with Gasteiger partial charge < -0.3 is 15.4 Å². The average Bonchev–Trinajstić information content (AvgIpc) is 2.78. The second-order valence-electron chi connectivity index (χ2n) is 9.09. The number of aryl methyl sites for hydroxylation is 1. The Hall–Kier alpha value is -2.93. The van der Waals surface area contributed by atoms with Crippen molar-refractivity contribution >= 4 is 11.8 Å². The van der Waals surface area contributed by atoms with Crippen LogP contribution >= 0.6 is 0 Å². The van der Waals surface area contributed by atoms with Crippen molar-refractivity contribution < 1.29 is 18.7 Å². The number of hydrogen-bond acceptors (Lipinski definition) is 4. The maximum Gasteiger partial charge on any atom is 0.251 e. The molecule has 1 fully saturated rings. The van der Waals surface area contributed by atoms with Crippen LogP contribution in [0.1, 0.15) is 48.2 Å². The molecule has 3 rings (SSSR count). The Bertz CT molecular complexity index is 971. The predicted octanol–water partition coefficient (Wildman–Crippen LogP) is 3.68. The molecular weight excluding hydrogens is 421 g/mol. The molecule has 178 valence electrons. The van der Waals surface area contributed by atoms with Crippen LogP contribution in [0.2, 0.25) is 0 Å². The monoisotopic (exact) mass is 455 g/mol. The van der Waals surface area contributed by atoms with E-state index in [9.17, 15) is 14.0 Å². The first-order chi connectivity index (χ1) is 15.8. The minimum atomic E-state index is -0.599. The van der Waals surface area contributed by atoms with E-state index in [1.165, 1.54) is 13.2 Å². The number of carbonyl (C=O) groups is 2. The second kappa shape index (κ2) is 11.3. The number of carbonyl (C=O) groups excluding carboxylic acids is 2. The van der Waals surface area contributed by atoms with Crippen LogP contribution in [0.3, 0.4) is 0 Å². The number of hydrogen-bond donors (Lipinski definition) is 2. The zero-order valence-corrected chi connectivity index (χ0v) is 19.9. The van der Waals surface area contributed by atoms with E-state index in [1.807, 2.05) is 45.0 Å². The SMILES string of the molecule is COc1ccc(CN2CCC(NC(=O)C(NC(=O)c3cccc(C)c3)C(C)C)CC2)cc1F. The molecule has 1 aliphatic heterocycles. The van der Waals surface area contributed by atoms with Gasteiger partial charge in [-0.1, -0.05) is 37.6 Å². The molecule has 1 atom stereocenters. The lowest BCUT2D eigenvalue weighted by molar-refractivity contribution is -0.125. The topological polar surface area (TPSA) is 70.7 Å². The molecule has 0 radical (unpaired) electrons. The van der Waals surface area contributed by atoms with Crippen LogP contribution in [0, 0.1) is 18.7 Å². The summed E-state index contributed by atoms with van der Waals surface area (Å²) in [5.74, 6) is -0.543. The molecule has 2 amide bonds. The van der Waals surface area contributed by atoms with Crippen LogP contribution in [0.15, 0.2) is 42.5 Å². The van der Waals surface area contributed by atoms with Crippen molar-refractivity contribution in [3.63, 3.8) is 0 Å². The highest BCUT2D eigenvalue weighted by molar-refractivity contribution is 5.97. The highest BCUT2D eigenvalue weighted by Gasteiger charge is 2.28. The number of nitrogens with zero attached hydrogens (tertiary/aromatic N) is 1. The molecule has 1 aliphatic rings. The van der Waals surface area contributed by atoms with Crippen molar-refractivity contribution in [3.8, 4) is 5.75 Å². The van der Waals surface area contributed by atoms with E-state index in [2.05, 4.69) is 15.5 Å². The molecule has 1 saturated heterocycles. The molecule has 0 saturated carbocycles. The van der Waals surface area contributed by atoms with Crippen molar-refractivity contribution in [1.82, 2.24) is 15.5 Å². The molecule has 2 aromatic carbocycles. The minimum Gasteiger partial charge on any atom is -0.494 e. The zero-order chi connectivity index (χ0) is 24.0. The molecule has 2 N–H and O–H groups in total. The number of halogens is 1. The van der Waals surface area contributed by atoms with Crippen LogP contribution in [0.5, 0.6) is 5.75 Å². The van der Waals surface area contributed by atoms with Crippen molar-refractivity contribution in [3.05, 3.63) is 65.0 Å². The molecule has 2 aromatic rings. The van der Waals surface area contributed by atoms with Crippen LogP contribution in [-0.4, -0.2) is 49.0 Å². The van der Waals surface area contributed by atoms with E-state index in [0.29, 0.717) is 12.1 Å². The largest absolute Gasteiger partial charge is 0.494 e. The first kappa shape index (κ1) is 24.7. The number of methoxy groups -OCH3 is 1. The van der Waals surface area contributed by atoms with Crippen molar-refractivity contribution in [2.45, 2.75) is 52.2 Å². The average molecular weight is 456 g/mol. The lowest BCUT2D eigenvalue weighted by Crippen LogP contribution is -2.53.